The lowest BCUT2D eigenvalue weighted by molar-refractivity contribution is 0.402. The number of anilines is 1. The molecule has 26 heavy (non-hydrogen) atoms. The molecule has 0 amide bonds. The molecule has 0 fully saturated rings. The summed E-state index contributed by atoms with van der Waals surface area (Å²) in [6.07, 6.45) is 10.5. The third kappa shape index (κ3) is 7.60. The highest BCUT2D eigenvalue weighted by molar-refractivity contribution is 5.53. The zero-order valence-corrected chi connectivity index (χ0v) is 18.3. The molecule has 0 aliphatic rings. The molecule has 0 aliphatic heterocycles. The summed E-state index contributed by atoms with van der Waals surface area (Å²) >= 11 is 0. The molecule has 2 nitrogen and oxygen atoms in total. The highest BCUT2D eigenvalue weighted by atomic mass is 16.5. The van der Waals surface area contributed by atoms with E-state index in [4.69, 9.17) is 4.74 Å². The van der Waals surface area contributed by atoms with E-state index in [1.807, 2.05) is 0 Å². The second kappa shape index (κ2) is 13.1. The number of aryl methyl sites for hydroxylation is 1. The van der Waals surface area contributed by atoms with Gasteiger partial charge in [0.25, 0.3) is 0 Å². The fourth-order valence-electron chi connectivity index (χ4n) is 3.80. The summed E-state index contributed by atoms with van der Waals surface area (Å²) in [5.74, 6) is 2.58. The summed E-state index contributed by atoms with van der Waals surface area (Å²) in [6.45, 7) is 13.8. The Bertz CT molecular complexity index is 467. The van der Waals surface area contributed by atoms with Gasteiger partial charge in [0.05, 0.1) is 7.11 Å². The fourth-order valence-corrected chi connectivity index (χ4v) is 3.80. The van der Waals surface area contributed by atoms with Gasteiger partial charge in [-0.25, -0.2) is 0 Å². The molecule has 0 bridgehead atoms. The average Bonchev–Trinajstić information content (AvgIpc) is 2.66. The van der Waals surface area contributed by atoms with Crippen LogP contribution in [0.4, 0.5) is 5.69 Å². The Morgan fingerprint density at radius 1 is 0.885 bits per heavy atom. The third-order valence-electron chi connectivity index (χ3n) is 5.79. The van der Waals surface area contributed by atoms with Crippen molar-refractivity contribution < 1.29 is 4.74 Å². The molecule has 150 valence electrons. The number of ether oxygens (including phenoxy) is 1. The van der Waals surface area contributed by atoms with Gasteiger partial charge in [0.2, 0.25) is 0 Å². The largest absolute Gasteiger partial charge is 0.496 e. The maximum absolute atomic E-state index is 5.47. The molecule has 2 heteroatoms. The van der Waals surface area contributed by atoms with Crippen molar-refractivity contribution in [3.63, 3.8) is 0 Å². The number of rotatable bonds is 14. The maximum Gasteiger partial charge on any atom is 0.121 e. The normalized spacial score (nSPS) is 13.5. The molecule has 0 heterocycles. The quantitative estimate of drug-likeness (QED) is 0.346. The summed E-state index contributed by atoms with van der Waals surface area (Å²) in [5.41, 5.74) is 2.60. The molecule has 1 aromatic carbocycles. The van der Waals surface area contributed by atoms with Gasteiger partial charge in [-0.1, -0.05) is 66.2 Å². The van der Waals surface area contributed by atoms with Gasteiger partial charge in [-0.3, -0.25) is 0 Å². The molecule has 0 spiro atoms. The van der Waals surface area contributed by atoms with Crippen LogP contribution in [-0.2, 0) is 0 Å². The molecule has 1 aromatic rings. The number of unbranched alkanes of at least 4 members (excludes halogenated alkanes) is 2. The van der Waals surface area contributed by atoms with E-state index in [2.05, 4.69) is 57.7 Å². The Kier molecular flexibility index (Phi) is 11.5. The highest BCUT2D eigenvalue weighted by Crippen LogP contribution is 2.28. The van der Waals surface area contributed by atoms with E-state index in [1.165, 1.54) is 75.7 Å². The van der Waals surface area contributed by atoms with Crippen molar-refractivity contribution in [2.45, 2.75) is 86.0 Å². The van der Waals surface area contributed by atoms with Crippen molar-refractivity contribution in [3.8, 4) is 5.75 Å². The molecule has 0 N–H and O–H groups in total. The monoisotopic (exact) mass is 361 g/mol. The minimum Gasteiger partial charge on any atom is -0.496 e. The number of hydrogen-bond donors (Lipinski definition) is 0. The molecule has 2 unspecified atom stereocenters. The van der Waals surface area contributed by atoms with Crippen LogP contribution >= 0.6 is 0 Å². The van der Waals surface area contributed by atoms with E-state index in [0.717, 1.165) is 17.6 Å². The van der Waals surface area contributed by atoms with Gasteiger partial charge >= 0.3 is 0 Å². The fraction of sp³-hybridized carbons (Fsp3) is 0.750. The van der Waals surface area contributed by atoms with Crippen LogP contribution in [0.25, 0.3) is 0 Å². The lowest BCUT2D eigenvalue weighted by Gasteiger charge is -2.33. The molecule has 2 atom stereocenters. The second-order valence-electron chi connectivity index (χ2n) is 7.89. The molecule has 0 radical (unpaired) electrons. The standard InChI is InChI=1S/C24H43NO/c1-7-11-13-21(9-3)18-25(19-22(10-4)14-12-8-2)23-15-16-24(26-6)20(5)17-23/h15-17,21-22H,7-14,18-19H2,1-6H3. The van der Waals surface area contributed by atoms with Gasteiger partial charge in [0, 0.05) is 18.8 Å². The Labute approximate surface area is 163 Å². The van der Waals surface area contributed by atoms with Crippen molar-refractivity contribution in [2.75, 3.05) is 25.1 Å². The summed E-state index contributed by atoms with van der Waals surface area (Å²) in [5, 5.41) is 0. The van der Waals surface area contributed by atoms with Crippen molar-refractivity contribution in [1.29, 1.82) is 0 Å². The van der Waals surface area contributed by atoms with Gasteiger partial charge in [-0.2, -0.15) is 0 Å². The molecule has 0 saturated heterocycles. The summed E-state index contributed by atoms with van der Waals surface area (Å²) < 4.78 is 5.47. The number of benzene rings is 1. The molecule has 1 rings (SSSR count). The van der Waals surface area contributed by atoms with Crippen molar-refractivity contribution >= 4 is 5.69 Å². The van der Waals surface area contributed by atoms with Crippen LogP contribution in [0, 0.1) is 18.8 Å². The second-order valence-corrected chi connectivity index (χ2v) is 7.89. The van der Waals surface area contributed by atoms with Crippen LogP contribution in [0.1, 0.15) is 84.6 Å². The Morgan fingerprint density at radius 2 is 1.42 bits per heavy atom. The van der Waals surface area contributed by atoms with Crippen LogP contribution in [-0.4, -0.2) is 20.2 Å². The van der Waals surface area contributed by atoms with Gasteiger partial charge in [-0.05, 0) is 55.4 Å². The minimum atomic E-state index is 0.793. The van der Waals surface area contributed by atoms with E-state index in [0.29, 0.717) is 0 Å². The van der Waals surface area contributed by atoms with E-state index in [1.54, 1.807) is 7.11 Å². The van der Waals surface area contributed by atoms with Crippen molar-refractivity contribution in [3.05, 3.63) is 23.8 Å². The van der Waals surface area contributed by atoms with E-state index >= 15 is 0 Å². The molecule has 0 aliphatic carbocycles. The van der Waals surface area contributed by atoms with Gasteiger partial charge in [-0.15, -0.1) is 0 Å². The number of methoxy groups -OCH3 is 1. The average molecular weight is 362 g/mol. The first-order chi connectivity index (χ1) is 12.6. The molecule has 0 aromatic heterocycles. The zero-order valence-electron chi connectivity index (χ0n) is 18.3. The lowest BCUT2D eigenvalue weighted by atomic mass is 9.95. The van der Waals surface area contributed by atoms with E-state index in [9.17, 15) is 0 Å². The first-order valence-electron chi connectivity index (χ1n) is 11.0. The van der Waals surface area contributed by atoms with Crippen LogP contribution in [0.5, 0.6) is 5.75 Å². The predicted molar refractivity (Wildman–Crippen MR) is 117 cm³/mol. The van der Waals surface area contributed by atoms with Crippen LogP contribution in [0.15, 0.2) is 18.2 Å². The molecule has 0 saturated carbocycles. The van der Waals surface area contributed by atoms with Crippen LogP contribution in [0.3, 0.4) is 0 Å². The van der Waals surface area contributed by atoms with Gasteiger partial charge < -0.3 is 9.64 Å². The summed E-state index contributed by atoms with van der Waals surface area (Å²) in [4.78, 5) is 2.67. The molecular weight excluding hydrogens is 318 g/mol. The Hall–Kier alpha value is -1.18. The first kappa shape index (κ1) is 22.9. The number of nitrogens with zero attached hydrogens (tertiary/aromatic N) is 1. The van der Waals surface area contributed by atoms with Gasteiger partial charge in [0.15, 0.2) is 0 Å². The van der Waals surface area contributed by atoms with Crippen molar-refractivity contribution in [1.82, 2.24) is 0 Å². The van der Waals surface area contributed by atoms with Crippen LogP contribution in [0.2, 0.25) is 0 Å². The first-order valence-corrected chi connectivity index (χ1v) is 11.0. The van der Waals surface area contributed by atoms with Crippen LogP contribution < -0.4 is 9.64 Å². The Morgan fingerprint density at radius 3 is 1.81 bits per heavy atom. The topological polar surface area (TPSA) is 12.5 Å². The predicted octanol–water partition coefficient (Wildman–Crippen LogP) is 7.24. The highest BCUT2D eigenvalue weighted by Gasteiger charge is 2.18. The van der Waals surface area contributed by atoms with Crippen molar-refractivity contribution in [2.24, 2.45) is 11.8 Å². The van der Waals surface area contributed by atoms with Gasteiger partial charge in [0.1, 0.15) is 5.75 Å². The zero-order chi connectivity index (χ0) is 19.4. The molecular formula is C24H43NO. The smallest absolute Gasteiger partial charge is 0.121 e. The summed E-state index contributed by atoms with van der Waals surface area (Å²) in [6, 6.07) is 6.71. The Balaban J connectivity index is 2.97. The van der Waals surface area contributed by atoms with E-state index in [-0.39, 0.29) is 0 Å². The van der Waals surface area contributed by atoms with E-state index < -0.39 is 0 Å². The third-order valence-corrected chi connectivity index (χ3v) is 5.79. The lowest BCUT2D eigenvalue weighted by Crippen LogP contribution is -2.34. The number of hydrogen-bond acceptors (Lipinski definition) is 2. The minimum absolute atomic E-state index is 0.793. The summed E-state index contributed by atoms with van der Waals surface area (Å²) in [7, 11) is 1.76. The maximum atomic E-state index is 5.47. The SMILES string of the molecule is CCCCC(CC)CN(CC(CC)CCCC)c1ccc(OC)c(C)c1.